The molecule has 1 unspecified atom stereocenters. The molecule has 0 saturated carbocycles. The second-order valence-electron chi connectivity index (χ2n) is 3.76. The molecule has 1 aromatic carbocycles. The monoisotopic (exact) mass is 428 g/mol. The Labute approximate surface area is 131 Å². The predicted molar refractivity (Wildman–Crippen MR) is 77.4 cm³/mol. The lowest BCUT2D eigenvalue weighted by Crippen LogP contribution is -2.43. The van der Waals surface area contributed by atoms with E-state index in [1.165, 1.54) is 12.1 Å². The number of amides is 1. The standard InChI is InChI=1S/C10H10Br2N2O5S/c11-5-1-2-6(12)8(3-5)20(18,19)14-7(10(16)17)4-9(13)15/h1-3,7,14H,4H2,(H2,13,15)(H,16,17). The first-order valence-corrected chi connectivity index (χ1v) is 8.19. The molecule has 1 aromatic rings. The van der Waals surface area contributed by atoms with Crippen LogP contribution in [-0.4, -0.2) is 31.4 Å². The minimum absolute atomic E-state index is 0.150. The summed E-state index contributed by atoms with van der Waals surface area (Å²) in [4.78, 5) is 21.6. The molecule has 10 heteroatoms. The van der Waals surface area contributed by atoms with Crippen molar-refractivity contribution in [1.29, 1.82) is 0 Å². The number of nitrogens with one attached hydrogen (secondary N) is 1. The van der Waals surface area contributed by atoms with Crippen LogP contribution in [0.5, 0.6) is 0 Å². The van der Waals surface area contributed by atoms with E-state index in [0.717, 1.165) is 0 Å². The van der Waals surface area contributed by atoms with E-state index < -0.39 is 34.4 Å². The predicted octanol–water partition coefficient (Wildman–Crippen LogP) is 0.818. The second kappa shape index (κ2) is 6.66. The van der Waals surface area contributed by atoms with Crippen LogP contribution in [0.2, 0.25) is 0 Å². The molecule has 0 fully saturated rings. The van der Waals surface area contributed by atoms with Gasteiger partial charge in [-0.05, 0) is 34.1 Å². The SMILES string of the molecule is NC(=O)CC(NS(=O)(=O)c1cc(Br)ccc1Br)C(=O)O. The van der Waals surface area contributed by atoms with Gasteiger partial charge in [0.25, 0.3) is 0 Å². The molecule has 0 bridgehead atoms. The Bertz CT molecular complexity index is 647. The molecule has 7 nitrogen and oxygen atoms in total. The van der Waals surface area contributed by atoms with Crippen LogP contribution in [0.4, 0.5) is 0 Å². The van der Waals surface area contributed by atoms with Gasteiger partial charge in [-0.2, -0.15) is 4.72 Å². The maximum absolute atomic E-state index is 12.1. The Hall–Kier alpha value is -0.970. The fourth-order valence-electron chi connectivity index (χ4n) is 1.31. The highest BCUT2D eigenvalue weighted by atomic mass is 79.9. The van der Waals surface area contributed by atoms with Crippen molar-refractivity contribution in [2.45, 2.75) is 17.4 Å². The third-order valence-corrected chi connectivity index (χ3v) is 5.14. The van der Waals surface area contributed by atoms with Crippen LogP contribution in [0.3, 0.4) is 0 Å². The molecule has 20 heavy (non-hydrogen) atoms. The number of carbonyl (C=O) groups excluding carboxylic acids is 1. The molecule has 0 aliphatic carbocycles. The summed E-state index contributed by atoms with van der Waals surface area (Å²) in [5, 5.41) is 8.90. The van der Waals surface area contributed by atoms with Crippen LogP contribution in [0.25, 0.3) is 0 Å². The molecule has 1 atom stereocenters. The van der Waals surface area contributed by atoms with Crippen LogP contribution in [0.15, 0.2) is 32.0 Å². The summed E-state index contributed by atoms with van der Waals surface area (Å²) in [6.45, 7) is 0. The lowest BCUT2D eigenvalue weighted by Gasteiger charge is -2.14. The molecule has 0 spiro atoms. The Morgan fingerprint density at radius 2 is 1.95 bits per heavy atom. The average molecular weight is 430 g/mol. The largest absolute Gasteiger partial charge is 0.480 e. The van der Waals surface area contributed by atoms with Gasteiger partial charge in [-0.1, -0.05) is 15.9 Å². The molecule has 0 aliphatic heterocycles. The number of benzene rings is 1. The van der Waals surface area contributed by atoms with Gasteiger partial charge in [0.1, 0.15) is 6.04 Å². The summed E-state index contributed by atoms with van der Waals surface area (Å²) >= 11 is 6.19. The summed E-state index contributed by atoms with van der Waals surface area (Å²) in [6.07, 6.45) is -0.639. The molecule has 1 amide bonds. The first-order chi connectivity index (χ1) is 9.13. The van der Waals surface area contributed by atoms with Crippen molar-refractivity contribution in [3.8, 4) is 0 Å². The molecule has 110 valence electrons. The van der Waals surface area contributed by atoms with Crippen molar-refractivity contribution in [1.82, 2.24) is 4.72 Å². The number of hydrogen-bond acceptors (Lipinski definition) is 4. The fourth-order valence-corrected chi connectivity index (χ4v) is 4.01. The van der Waals surface area contributed by atoms with Gasteiger partial charge in [-0.25, -0.2) is 8.42 Å². The number of primary amides is 1. The summed E-state index contributed by atoms with van der Waals surface area (Å²) in [7, 11) is -4.12. The van der Waals surface area contributed by atoms with Gasteiger partial charge >= 0.3 is 5.97 Å². The van der Waals surface area contributed by atoms with Gasteiger partial charge in [-0.15, -0.1) is 0 Å². The summed E-state index contributed by atoms with van der Waals surface area (Å²) in [5.74, 6) is -2.41. The summed E-state index contributed by atoms with van der Waals surface area (Å²) in [5.41, 5.74) is 4.89. The summed E-state index contributed by atoms with van der Waals surface area (Å²) in [6, 6.07) is 2.78. The van der Waals surface area contributed by atoms with Crippen molar-refractivity contribution in [3.63, 3.8) is 0 Å². The lowest BCUT2D eigenvalue weighted by atomic mass is 10.2. The Balaban J connectivity index is 3.12. The van der Waals surface area contributed by atoms with Crippen LogP contribution >= 0.6 is 31.9 Å². The summed E-state index contributed by atoms with van der Waals surface area (Å²) < 4.78 is 26.9. The first-order valence-electron chi connectivity index (χ1n) is 5.12. The van der Waals surface area contributed by atoms with E-state index in [1.807, 2.05) is 4.72 Å². The number of nitrogens with two attached hydrogens (primary N) is 1. The van der Waals surface area contributed by atoms with Gasteiger partial charge in [0.05, 0.1) is 11.3 Å². The van der Waals surface area contributed by atoms with Crippen molar-refractivity contribution in [2.24, 2.45) is 5.73 Å². The molecular formula is C10H10Br2N2O5S. The number of aliphatic carboxylic acids is 1. The van der Waals surface area contributed by atoms with E-state index >= 15 is 0 Å². The van der Waals surface area contributed by atoms with Gasteiger partial charge in [-0.3, -0.25) is 9.59 Å². The quantitative estimate of drug-likeness (QED) is 0.616. The molecule has 0 aromatic heterocycles. The zero-order chi connectivity index (χ0) is 15.5. The fraction of sp³-hybridized carbons (Fsp3) is 0.200. The van der Waals surface area contributed by atoms with Gasteiger partial charge < -0.3 is 10.8 Å². The average Bonchev–Trinajstić information content (AvgIpc) is 2.30. The van der Waals surface area contributed by atoms with Gasteiger partial charge in [0.15, 0.2) is 0 Å². The zero-order valence-corrected chi connectivity index (χ0v) is 13.8. The molecular weight excluding hydrogens is 420 g/mol. The highest BCUT2D eigenvalue weighted by Crippen LogP contribution is 2.25. The molecule has 1 rings (SSSR count). The maximum atomic E-state index is 12.1. The third kappa shape index (κ3) is 4.54. The number of sulfonamides is 1. The van der Waals surface area contributed by atoms with Crippen molar-refractivity contribution < 1.29 is 23.1 Å². The Kier molecular flexibility index (Phi) is 5.68. The highest BCUT2D eigenvalue weighted by Gasteiger charge is 2.28. The van der Waals surface area contributed by atoms with Crippen LogP contribution in [-0.2, 0) is 19.6 Å². The van der Waals surface area contributed by atoms with Gasteiger partial charge in [0, 0.05) is 8.95 Å². The topological polar surface area (TPSA) is 127 Å². The minimum atomic E-state index is -4.12. The number of carbonyl (C=O) groups is 2. The van der Waals surface area contributed by atoms with E-state index in [-0.39, 0.29) is 9.37 Å². The normalized spacial score (nSPS) is 12.9. The van der Waals surface area contributed by atoms with Crippen molar-refractivity contribution >= 4 is 53.8 Å². The molecule has 0 aliphatic rings. The van der Waals surface area contributed by atoms with E-state index in [2.05, 4.69) is 31.9 Å². The molecule has 0 heterocycles. The lowest BCUT2D eigenvalue weighted by molar-refractivity contribution is -0.140. The smallest absolute Gasteiger partial charge is 0.322 e. The van der Waals surface area contributed by atoms with E-state index in [9.17, 15) is 18.0 Å². The van der Waals surface area contributed by atoms with Crippen molar-refractivity contribution in [2.75, 3.05) is 0 Å². The van der Waals surface area contributed by atoms with E-state index in [0.29, 0.717) is 4.47 Å². The Morgan fingerprint density at radius 1 is 1.35 bits per heavy atom. The molecule has 0 radical (unpaired) electrons. The first kappa shape index (κ1) is 17.1. The molecule has 4 N–H and O–H groups in total. The van der Waals surface area contributed by atoms with Gasteiger partial charge in [0.2, 0.25) is 15.9 Å². The highest BCUT2D eigenvalue weighted by molar-refractivity contribution is 9.11. The van der Waals surface area contributed by atoms with Crippen LogP contribution in [0.1, 0.15) is 6.42 Å². The van der Waals surface area contributed by atoms with E-state index in [1.54, 1.807) is 6.07 Å². The minimum Gasteiger partial charge on any atom is -0.480 e. The number of carboxylic acid groups (broad SMARTS) is 1. The zero-order valence-electron chi connectivity index (χ0n) is 9.84. The number of hydrogen-bond donors (Lipinski definition) is 3. The number of carboxylic acids is 1. The van der Waals surface area contributed by atoms with Crippen LogP contribution < -0.4 is 10.5 Å². The number of halogens is 2. The van der Waals surface area contributed by atoms with Crippen LogP contribution in [0, 0.1) is 0 Å². The van der Waals surface area contributed by atoms with Crippen molar-refractivity contribution in [3.05, 3.63) is 27.1 Å². The second-order valence-corrected chi connectivity index (χ2v) is 7.21. The maximum Gasteiger partial charge on any atom is 0.322 e. The Morgan fingerprint density at radius 3 is 2.45 bits per heavy atom. The molecule has 0 saturated heterocycles. The van der Waals surface area contributed by atoms with E-state index in [4.69, 9.17) is 10.8 Å². The number of rotatable bonds is 6. The third-order valence-electron chi connectivity index (χ3n) is 2.18.